The lowest BCUT2D eigenvalue weighted by atomic mass is 9.85. The predicted molar refractivity (Wildman–Crippen MR) is 52.2 cm³/mol. The Morgan fingerprint density at radius 3 is 1.83 bits per heavy atom. The second kappa shape index (κ2) is 3.37. The topological polar surface area (TPSA) is 3.24 Å². The summed E-state index contributed by atoms with van der Waals surface area (Å²) in [7, 11) is 0. The first-order valence-corrected chi connectivity index (χ1v) is 5.49. The summed E-state index contributed by atoms with van der Waals surface area (Å²) in [5.41, 5.74) is 0. The van der Waals surface area contributed by atoms with Crippen molar-refractivity contribution in [2.45, 2.75) is 45.6 Å². The first-order valence-electron chi connectivity index (χ1n) is 5.49. The smallest absolute Gasteiger partial charge is 0.00957 e. The van der Waals surface area contributed by atoms with Crippen molar-refractivity contribution in [1.29, 1.82) is 0 Å². The maximum absolute atomic E-state index is 2.74. The number of hydrogen-bond acceptors (Lipinski definition) is 1. The van der Waals surface area contributed by atoms with Crippen LogP contribution in [0.4, 0.5) is 0 Å². The molecular formula is C11H21N. The Hall–Kier alpha value is -0.0400. The molecule has 2 aliphatic rings. The molecule has 2 heterocycles. The van der Waals surface area contributed by atoms with Gasteiger partial charge in [-0.05, 0) is 37.5 Å². The van der Waals surface area contributed by atoms with E-state index in [9.17, 15) is 0 Å². The van der Waals surface area contributed by atoms with Gasteiger partial charge in [0.1, 0.15) is 0 Å². The van der Waals surface area contributed by atoms with Gasteiger partial charge < -0.3 is 0 Å². The molecule has 2 aliphatic heterocycles. The number of rotatable bonds is 0. The van der Waals surface area contributed by atoms with Crippen LogP contribution >= 0.6 is 0 Å². The fraction of sp³-hybridized carbons (Fsp3) is 1.00. The molecule has 12 heavy (non-hydrogen) atoms. The van der Waals surface area contributed by atoms with Crippen molar-refractivity contribution >= 4 is 0 Å². The molecule has 0 N–H and O–H groups in total. The molecular weight excluding hydrogens is 146 g/mol. The van der Waals surface area contributed by atoms with Gasteiger partial charge in [0.15, 0.2) is 0 Å². The zero-order chi connectivity index (χ0) is 8.55. The highest BCUT2D eigenvalue weighted by Gasteiger charge is 2.30. The molecule has 2 rings (SSSR count). The van der Waals surface area contributed by atoms with E-state index in [0.717, 1.165) is 17.9 Å². The van der Waals surface area contributed by atoms with E-state index in [2.05, 4.69) is 18.7 Å². The highest BCUT2D eigenvalue weighted by molar-refractivity contribution is 4.85. The maximum Gasteiger partial charge on any atom is 0.00957 e. The van der Waals surface area contributed by atoms with Crippen LogP contribution in [0, 0.1) is 11.8 Å². The molecule has 1 nitrogen and oxygen atoms in total. The van der Waals surface area contributed by atoms with Crippen LogP contribution < -0.4 is 0 Å². The molecule has 2 atom stereocenters. The van der Waals surface area contributed by atoms with Gasteiger partial charge in [0, 0.05) is 19.1 Å². The first-order chi connectivity index (χ1) is 5.75. The van der Waals surface area contributed by atoms with Gasteiger partial charge in [0.05, 0.1) is 0 Å². The maximum atomic E-state index is 2.74. The summed E-state index contributed by atoms with van der Waals surface area (Å²) in [6.45, 7) is 7.54. The van der Waals surface area contributed by atoms with Crippen LogP contribution in [-0.2, 0) is 0 Å². The lowest BCUT2D eigenvalue weighted by molar-refractivity contribution is 0.0571. The number of hydrogen-bond donors (Lipinski definition) is 0. The third-order valence-electron chi connectivity index (χ3n) is 3.59. The summed E-state index contributed by atoms with van der Waals surface area (Å²) in [6.07, 6.45) is 5.87. The molecule has 0 radical (unpaired) electrons. The number of fused-ring (bicyclic) bond motifs is 1. The normalized spacial score (nSPS) is 44.0. The number of nitrogens with zero attached hydrogens (tertiary/aromatic N) is 1. The minimum atomic E-state index is 0.951. The monoisotopic (exact) mass is 167 g/mol. The SMILES string of the molecule is CC1CCC2CCC(C)CN2C1. The Balaban J connectivity index is 1.94. The molecule has 70 valence electrons. The van der Waals surface area contributed by atoms with Crippen LogP contribution in [0.25, 0.3) is 0 Å². The van der Waals surface area contributed by atoms with E-state index in [1.807, 2.05) is 0 Å². The second-order valence-corrected chi connectivity index (χ2v) is 4.97. The first kappa shape index (κ1) is 8.55. The van der Waals surface area contributed by atoms with Crippen molar-refractivity contribution in [3.8, 4) is 0 Å². The van der Waals surface area contributed by atoms with Crippen LogP contribution in [0.15, 0.2) is 0 Å². The lowest BCUT2D eigenvalue weighted by Crippen LogP contribution is -2.47. The molecule has 0 aliphatic carbocycles. The van der Waals surface area contributed by atoms with Crippen molar-refractivity contribution in [3.05, 3.63) is 0 Å². The van der Waals surface area contributed by atoms with E-state index in [4.69, 9.17) is 0 Å². The molecule has 0 spiro atoms. The summed E-state index contributed by atoms with van der Waals surface area (Å²) in [4.78, 5) is 2.74. The zero-order valence-corrected chi connectivity index (χ0v) is 8.42. The van der Waals surface area contributed by atoms with Gasteiger partial charge in [-0.2, -0.15) is 0 Å². The van der Waals surface area contributed by atoms with Gasteiger partial charge in [-0.15, -0.1) is 0 Å². The molecule has 0 amide bonds. The molecule has 0 aromatic rings. The summed E-state index contributed by atoms with van der Waals surface area (Å²) in [5, 5.41) is 0. The molecule has 2 saturated heterocycles. The van der Waals surface area contributed by atoms with E-state index in [1.54, 1.807) is 0 Å². The Morgan fingerprint density at radius 1 is 0.833 bits per heavy atom. The second-order valence-electron chi connectivity index (χ2n) is 4.97. The van der Waals surface area contributed by atoms with Gasteiger partial charge in [-0.3, -0.25) is 4.90 Å². The van der Waals surface area contributed by atoms with E-state index >= 15 is 0 Å². The van der Waals surface area contributed by atoms with Crippen LogP contribution in [0.5, 0.6) is 0 Å². The van der Waals surface area contributed by atoms with Crippen molar-refractivity contribution in [3.63, 3.8) is 0 Å². The molecule has 0 aromatic heterocycles. The van der Waals surface area contributed by atoms with E-state index in [-0.39, 0.29) is 0 Å². The van der Waals surface area contributed by atoms with Crippen molar-refractivity contribution in [2.75, 3.05) is 13.1 Å². The summed E-state index contributed by atoms with van der Waals surface area (Å²) in [6, 6.07) is 0.956. The predicted octanol–water partition coefficient (Wildman–Crippen LogP) is 2.52. The van der Waals surface area contributed by atoms with Gasteiger partial charge in [0.25, 0.3) is 0 Å². The Bertz CT molecular complexity index is 139. The van der Waals surface area contributed by atoms with Gasteiger partial charge >= 0.3 is 0 Å². The average molecular weight is 167 g/mol. The van der Waals surface area contributed by atoms with Gasteiger partial charge in [0.2, 0.25) is 0 Å². The molecule has 1 heteroatoms. The van der Waals surface area contributed by atoms with Crippen LogP contribution in [-0.4, -0.2) is 24.0 Å². The molecule has 0 aromatic carbocycles. The minimum Gasteiger partial charge on any atom is -0.300 e. The minimum absolute atomic E-state index is 0.951. The van der Waals surface area contributed by atoms with Crippen LogP contribution in [0.3, 0.4) is 0 Å². The van der Waals surface area contributed by atoms with Crippen molar-refractivity contribution < 1.29 is 0 Å². The van der Waals surface area contributed by atoms with E-state index in [1.165, 1.54) is 38.8 Å². The zero-order valence-electron chi connectivity index (χ0n) is 8.42. The Labute approximate surface area is 76.1 Å². The lowest BCUT2D eigenvalue weighted by Gasteiger charge is -2.43. The largest absolute Gasteiger partial charge is 0.300 e. The fourth-order valence-electron chi connectivity index (χ4n) is 2.82. The third kappa shape index (κ3) is 1.66. The van der Waals surface area contributed by atoms with E-state index in [0.29, 0.717) is 0 Å². The summed E-state index contributed by atoms with van der Waals surface area (Å²) in [5.74, 6) is 1.90. The molecule has 0 saturated carbocycles. The van der Waals surface area contributed by atoms with Crippen molar-refractivity contribution in [2.24, 2.45) is 11.8 Å². The molecule has 2 fully saturated rings. The van der Waals surface area contributed by atoms with Crippen LogP contribution in [0.1, 0.15) is 39.5 Å². The standard InChI is InChI=1S/C11H21N/c1-9-3-5-11-6-4-10(2)8-12(11)7-9/h9-11H,3-8H2,1-2H3. The molecule has 0 bridgehead atoms. The average Bonchev–Trinajstić information content (AvgIpc) is 2.03. The highest BCUT2D eigenvalue weighted by Crippen LogP contribution is 2.30. The van der Waals surface area contributed by atoms with Gasteiger partial charge in [-0.1, -0.05) is 13.8 Å². The van der Waals surface area contributed by atoms with Crippen molar-refractivity contribution in [1.82, 2.24) is 4.90 Å². The van der Waals surface area contributed by atoms with Crippen LogP contribution in [0.2, 0.25) is 0 Å². The summed E-state index contributed by atoms with van der Waals surface area (Å²) < 4.78 is 0. The fourth-order valence-corrected chi connectivity index (χ4v) is 2.82. The molecule has 2 unspecified atom stereocenters. The summed E-state index contributed by atoms with van der Waals surface area (Å²) >= 11 is 0. The third-order valence-corrected chi connectivity index (χ3v) is 3.59. The highest BCUT2D eigenvalue weighted by atomic mass is 15.2. The Kier molecular flexibility index (Phi) is 2.40. The number of piperidine rings is 2. The quantitative estimate of drug-likeness (QED) is 0.536. The van der Waals surface area contributed by atoms with Gasteiger partial charge in [-0.25, -0.2) is 0 Å². The Morgan fingerprint density at radius 2 is 1.33 bits per heavy atom. The van der Waals surface area contributed by atoms with E-state index < -0.39 is 0 Å².